The monoisotopic (exact) mass is 504 g/mol. The highest BCUT2D eigenvalue weighted by Gasteiger charge is 2.28. The van der Waals surface area contributed by atoms with Crippen molar-refractivity contribution in [3.63, 3.8) is 0 Å². The molecule has 1 fully saturated rings. The number of rotatable bonds is 4. The lowest BCUT2D eigenvalue weighted by Crippen LogP contribution is -2.38. The van der Waals surface area contributed by atoms with Gasteiger partial charge in [-0.05, 0) is 56.0 Å². The summed E-state index contributed by atoms with van der Waals surface area (Å²) in [5.74, 6) is 6.01. The number of anilines is 2. The maximum atomic E-state index is 12.7. The van der Waals surface area contributed by atoms with Gasteiger partial charge in [0.2, 0.25) is 5.95 Å². The number of nitrogens with zero attached hydrogens (tertiary/aromatic N) is 6. The predicted octanol–water partition coefficient (Wildman–Crippen LogP) is 3.23. The normalized spacial score (nSPS) is 14.8. The number of imidazole rings is 1. The lowest BCUT2D eigenvalue weighted by molar-refractivity contribution is -0.126. The average molecular weight is 505 g/mol. The Hall–Kier alpha value is -5.22. The minimum Gasteiger partial charge on any atom is -0.369 e. The van der Waals surface area contributed by atoms with Crippen LogP contribution < -0.4 is 11.1 Å². The van der Waals surface area contributed by atoms with Crippen LogP contribution in [0.1, 0.15) is 47.3 Å². The number of amides is 2. The van der Waals surface area contributed by atoms with Gasteiger partial charge >= 0.3 is 0 Å². The third kappa shape index (κ3) is 4.75. The first-order valence-electron chi connectivity index (χ1n) is 12.1. The molecule has 3 N–H and O–H groups in total. The molecule has 1 unspecified atom stereocenters. The molecule has 1 aliphatic rings. The molecule has 4 heterocycles. The van der Waals surface area contributed by atoms with Crippen molar-refractivity contribution in [1.29, 1.82) is 5.26 Å². The summed E-state index contributed by atoms with van der Waals surface area (Å²) < 4.78 is 1.80. The Balaban J connectivity index is 1.45. The molecule has 2 amide bonds. The minimum atomic E-state index is -0.351. The van der Waals surface area contributed by atoms with Crippen LogP contribution in [0.3, 0.4) is 0 Å². The second-order valence-electron chi connectivity index (χ2n) is 8.88. The van der Waals surface area contributed by atoms with E-state index in [9.17, 15) is 9.59 Å². The maximum absolute atomic E-state index is 12.7. The van der Waals surface area contributed by atoms with E-state index in [-0.39, 0.29) is 17.7 Å². The van der Waals surface area contributed by atoms with Crippen molar-refractivity contribution in [2.45, 2.75) is 25.7 Å². The lowest BCUT2D eigenvalue weighted by atomic mass is 9.94. The molecular weight excluding hydrogens is 480 g/mol. The summed E-state index contributed by atoms with van der Waals surface area (Å²) in [6, 6.07) is 14.0. The highest BCUT2D eigenvalue weighted by molar-refractivity contribution is 6.04. The number of carbonyl (C=O) groups excluding carboxylic acids is 2. The zero-order chi connectivity index (χ0) is 26.6. The summed E-state index contributed by atoms with van der Waals surface area (Å²) >= 11 is 0. The number of hydrogen-bond donors (Lipinski definition) is 2. The molecule has 0 saturated carbocycles. The number of likely N-dealkylation sites (tertiary alicyclic amines) is 1. The first kappa shape index (κ1) is 24.5. The van der Waals surface area contributed by atoms with E-state index < -0.39 is 0 Å². The molecule has 1 aromatic carbocycles. The third-order valence-electron chi connectivity index (χ3n) is 6.47. The van der Waals surface area contributed by atoms with Crippen molar-refractivity contribution in [3.05, 3.63) is 71.7 Å². The number of nitriles is 1. The number of aromatic nitrogens is 4. The van der Waals surface area contributed by atoms with Crippen molar-refractivity contribution in [2.75, 3.05) is 24.1 Å². The second-order valence-corrected chi connectivity index (χ2v) is 8.88. The standard InChI is InChI=1S/C28H24N8O2/c1-2-4-24(37)35-14-3-5-21(17-35)25-22-11-13-32-28(30)36(22)26(34-25)19-6-8-20(9-7-19)27(38)33-23-15-18(16-29)10-12-31-23/h6-13,15,21H,3,5,14,17H2,1H3,(H2,30,32)(H,31,33,38). The van der Waals surface area contributed by atoms with Gasteiger partial charge in [0.25, 0.3) is 11.8 Å². The van der Waals surface area contributed by atoms with Crippen LogP contribution in [-0.2, 0) is 4.79 Å². The fourth-order valence-electron chi connectivity index (χ4n) is 4.68. The maximum Gasteiger partial charge on any atom is 0.298 e. The molecular formula is C28H24N8O2. The molecule has 1 saturated heterocycles. The summed E-state index contributed by atoms with van der Waals surface area (Å²) in [5, 5.41) is 11.8. The minimum absolute atomic E-state index is 0.0265. The van der Waals surface area contributed by atoms with Crippen LogP contribution in [0.25, 0.3) is 16.9 Å². The van der Waals surface area contributed by atoms with Crippen molar-refractivity contribution >= 4 is 29.1 Å². The van der Waals surface area contributed by atoms with Gasteiger partial charge in [-0.15, -0.1) is 0 Å². The molecule has 10 nitrogen and oxygen atoms in total. The van der Waals surface area contributed by atoms with Gasteiger partial charge < -0.3 is 16.0 Å². The molecule has 3 aromatic heterocycles. The van der Waals surface area contributed by atoms with Crippen molar-refractivity contribution in [3.8, 4) is 29.3 Å². The van der Waals surface area contributed by atoms with E-state index in [1.165, 1.54) is 12.3 Å². The summed E-state index contributed by atoms with van der Waals surface area (Å²) in [4.78, 5) is 40.2. The van der Waals surface area contributed by atoms with Gasteiger partial charge in [-0.1, -0.05) is 18.1 Å². The van der Waals surface area contributed by atoms with Crippen LogP contribution in [-0.4, -0.2) is 49.2 Å². The van der Waals surface area contributed by atoms with Gasteiger partial charge in [0.05, 0.1) is 22.8 Å². The van der Waals surface area contributed by atoms with Gasteiger partial charge in [-0.3, -0.25) is 14.0 Å². The van der Waals surface area contributed by atoms with Crippen molar-refractivity contribution < 1.29 is 9.59 Å². The average Bonchev–Trinajstić information content (AvgIpc) is 3.34. The largest absolute Gasteiger partial charge is 0.369 e. The topological polar surface area (TPSA) is 142 Å². The molecule has 38 heavy (non-hydrogen) atoms. The van der Waals surface area contributed by atoms with Crippen LogP contribution >= 0.6 is 0 Å². The molecule has 0 spiro atoms. The Kier molecular flexibility index (Phi) is 6.70. The molecule has 5 rings (SSSR count). The highest BCUT2D eigenvalue weighted by Crippen LogP contribution is 2.33. The molecule has 188 valence electrons. The smallest absolute Gasteiger partial charge is 0.298 e. The molecule has 0 radical (unpaired) electrons. The fraction of sp³-hybridized carbons (Fsp3) is 0.214. The number of hydrogen-bond acceptors (Lipinski definition) is 7. The SMILES string of the molecule is CC#CC(=O)N1CCCC(c2nc(-c3ccc(C(=O)Nc4cc(C#N)ccn4)cc3)n3c(N)nccc23)C1. The zero-order valence-electron chi connectivity index (χ0n) is 20.7. The molecule has 1 atom stereocenters. The Morgan fingerprint density at radius 1 is 1.13 bits per heavy atom. The van der Waals surface area contributed by atoms with Gasteiger partial charge in [0, 0.05) is 42.5 Å². The summed E-state index contributed by atoms with van der Waals surface area (Å²) in [6.07, 6.45) is 4.86. The summed E-state index contributed by atoms with van der Waals surface area (Å²) in [7, 11) is 0. The number of nitrogens with one attached hydrogen (secondary N) is 1. The van der Waals surface area contributed by atoms with E-state index in [4.69, 9.17) is 16.0 Å². The molecule has 10 heteroatoms. The van der Waals surface area contributed by atoms with Crippen LogP contribution in [0.5, 0.6) is 0 Å². The number of fused-ring (bicyclic) bond motifs is 1. The van der Waals surface area contributed by atoms with Crippen molar-refractivity contribution in [1.82, 2.24) is 24.3 Å². The number of carbonyl (C=O) groups is 2. The Morgan fingerprint density at radius 3 is 2.68 bits per heavy atom. The Bertz CT molecular complexity index is 1640. The van der Waals surface area contributed by atoms with Gasteiger partial charge in [-0.25, -0.2) is 15.0 Å². The van der Waals surface area contributed by atoms with E-state index in [0.717, 1.165) is 29.6 Å². The van der Waals surface area contributed by atoms with Gasteiger partial charge in [0.1, 0.15) is 11.6 Å². The molecule has 1 aliphatic heterocycles. The van der Waals surface area contributed by atoms with Gasteiger partial charge in [-0.2, -0.15) is 5.26 Å². The Labute approximate surface area is 219 Å². The van der Waals surface area contributed by atoms with E-state index in [2.05, 4.69) is 27.1 Å². The first-order chi connectivity index (χ1) is 18.5. The number of benzene rings is 1. The predicted molar refractivity (Wildman–Crippen MR) is 142 cm³/mol. The van der Waals surface area contributed by atoms with E-state index in [1.807, 2.05) is 12.1 Å². The summed E-state index contributed by atoms with van der Waals surface area (Å²) in [5.41, 5.74) is 9.54. The van der Waals surface area contributed by atoms with Crippen LogP contribution in [0.15, 0.2) is 54.9 Å². The molecule has 4 aromatic rings. The van der Waals surface area contributed by atoms with E-state index in [0.29, 0.717) is 41.8 Å². The number of piperidine rings is 1. The van der Waals surface area contributed by atoms with E-state index >= 15 is 0 Å². The number of pyridine rings is 1. The number of nitrogens with two attached hydrogens (primary N) is 1. The zero-order valence-corrected chi connectivity index (χ0v) is 20.7. The van der Waals surface area contributed by atoms with Gasteiger partial charge in [0.15, 0.2) is 0 Å². The quantitative estimate of drug-likeness (QED) is 0.406. The lowest BCUT2D eigenvalue weighted by Gasteiger charge is -2.30. The number of nitrogen functional groups attached to an aromatic ring is 1. The molecule has 0 bridgehead atoms. The first-order valence-corrected chi connectivity index (χ1v) is 12.1. The summed E-state index contributed by atoms with van der Waals surface area (Å²) in [6.45, 7) is 2.86. The Morgan fingerprint density at radius 2 is 1.92 bits per heavy atom. The highest BCUT2D eigenvalue weighted by atomic mass is 16.2. The second kappa shape index (κ2) is 10.4. The van der Waals surface area contributed by atoms with E-state index in [1.54, 1.807) is 52.8 Å². The third-order valence-corrected chi connectivity index (χ3v) is 6.47. The van der Waals surface area contributed by atoms with Crippen LogP contribution in [0.2, 0.25) is 0 Å². The molecule has 0 aliphatic carbocycles. The van der Waals surface area contributed by atoms with Crippen molar-refractivity contribution in [2.24, 2.45) is 0 Å². The fourth-order valence-corrected chi connectivity index (χ4v) is 4.68. The van der Waals surface area contributed by atoms with Crippen LogP contribution in [0.4, 0.5) is 11.8 Å². The van der Waals surface area contributed by atoms with Crippen LogP contribution in [0, 0.1) is 23.2 Å².